The summed E-state index contributed by atoms with van der Waals surface area (Å²) in [5.74, 6) is 0. The standard InChI is InChI=1S/C35H22N4/c1-35(2)31-10-6-5-7-25(31)28-13-29-30(14-32(28)35)34(24-12-22(16-37)18-39-20-24)27-9-4-3-8-26(27)33(29)23-11-21(15-36)17-38-19-23/h3-14,17-20H,1-2H3. The molecule has 4 nitrogen and oxygen atoms in total. The molecule has 0 bridgehead atoms. The smallest absolute Gasteiger partial charge is 0.101 e. The minimum Gasteiger partial charge on any atom is -0.263 e. The Labute approximate surface area is 226 Å². The first kappa shape index (κ1) is 22.8. The van der Waals surface area contributed by atoms with E-state index in [9.17, 15) is 10.5 Å². The fraction of sp³-hybridized carbons (Fsp3) is 0.0857. The molecule has 0 N–H and O–H groups in total. The van der Waals surface area contributed by atoms with Crippen LogP contribution in [0.2, 0.25) is 0 Å². The van der Waals surface area contributed by atoms with Crippen molar-refractivity contribution < 1.29 is 0 Å². The lowest BCUT2D eigenvalue weighted by Crippen LogP contribution is -2.14. The maximum Gasteiger partial charge on any atom is 0.101 e. The second-order valence-electron chi connectivity index (χ2n) is 10.6. The van der Waals surface area contributed by atoms with Gasteiger partial charge in [0.15, 0.2) is 0 Å². The summed E-state index contributed by atoms with van der Waals surface area (Å²) in [7, 11) is 0. The molecular formula is C35H22N4. The number of nitriles is 2. The second kappa shape index (κ2) is 8.35. The van der Waals surface area contributed by atoms with Gasteiger partial charge in [-0.15, -0.1) is 0 Å². The average Bonchev–Trinajstić information content (AvgIpc) is 3.20. The van der Waals surface area contributed by atoms with E-state index in [-0.39, 0.29) is 5.41 Å². The van der Waals surface area contributed by atoms with Gasteiger partial charge in [-0.1, -0.05) is 62.4 Å². The average molecular weight is 499 g/mol. The zero-order valence-corrected chi connectivity index (χ0v) is 21.5. The molecule has 0 spiro atoms. The molecule has 2 aromatic heterocycles. The Bertz CT molecular complexity index is 2070. The van der Waals surface area contributed by atoms with Gasteiger partial charge in [0.05, 0.1) is 11.1 Å². The van der Waals surface area contributed by atoms with E-state index in [1.54, 1.807) is 12.4 Å². The molecule has 7 rings (SSSR count). The van der Waals surface area contributed by atoms with Crippen LogP contribution < -0.4 is 0 Å². The third-order valence-corrected chi connectivity index (χ3v) is 8.04. The minimum atomic E-state index is -0.168. The molecule has 0 saturated carbocycles. The van der Waals surface area contributed by atoms with Crippen LogP contribution in [0, 0.1) is 22.7 Å². The van der Waals surface area contributed by atoms with Crippen molar-refractivity contribution in [3.63, 3.8) is 0 Å². The van der Waals surface area contributed by atoms with Crippen molar-refractivity contribution in [2.45, 2.75) is 19.3 Å². The van der Waals surface area contributed by atoms with Gasteiger partial charge in [0, 0.05) is 41.3 Å². The van der Waals surface area contributed by atoms with Crippen molar-refractivity contribution in [1.82, 2.24) is 9.97 Å². The topological polar surface area (TPSA) is 73.4 Å². The van der Waals surface area contributed by atoms with E-state index in [1.807, 2.05) is 36.7 Å². The van der Waals surface area contributed by atoms with E-state index in [1.165, 1.54) is 22.3 Å². The normalized spacial score (nSPS) is 13.0. The van der Waals surface area contributed by atoms with E-state index < -0.39 is 0 Å². The first-order valence-electron chi connectivity index (χ1n) is 12.8. The third kappa shape index (κ3) is 3.29. The molecule has 2 heterocycles. The number of aromatic nitrogens is 2. The van der Waals surface area contributed by atoms with Crippen molar-refractivity contribution in [3.05, 3.63) is 120 Å². The molecule has 0 unspecified atom stereocenters. The molecule has 0 amide bonds. The van der Waals surface area contributed by atoms with Crippen LogP contribution >= 0.6 is 0 Å². The Kier molecular flexibility index (Phi) is 4.89. The molecule has 0 fully saturated rings. The lowest BCUT2D eigenvalue weighted by Gasteiger charge is -2.23. The number of nitrogens with zero attached hydrogens (tertiary/aromatic N) is 4. The molecule has 4 aromatic carbocycles. The molecule has 39 heavy (non-hydrogen) atoms. The molecule has 182 valence electrons. The van der Waals surface area contributed by atoms with E-state index in [0.29, 0.717) is 11.1 Å². The number of hydrogen-bond donors (Lipinski definition) is 0. The Morgan fingerprint density at radius 1 is 0.564 bits per heavy atom. The summed E-state index contributed by atoms with van der Waals surface area (Å²) in [5.41, 5.74) is 9.82. The minimum absolute atomic E-state index is 0.168. The molecule has 4 heteroatoms. The Hall–Kier alpha value is -5.32. The maximum atomic E-state index is 9.65. The highest BCUT2D eigenvalue weighted by Gasteiger charge is 2.36. The predicted molar refractivity (Wildman–Crippen MR) is 155 cm³/mol. The molecule has 6 aromatic rings. The summed E-state index contributed by atoms with van der Waals surface area (Å²) >= 11 is 0. The van der Waals surface area contributed by atoms with Gasteiger partial charge in [0.2, 0.25) is 0 Å². The van der Waals surface area contributed by atoms with Crippen molar-refractivity contribution in [3.8, 4) is 45.5 Å². The predicted octanol–water partition coefficient (Wildman–Crippen LogP) is 8.17. The zero-order valence-electron chi connectivity index (χ0n) is 21.5. The molecular weight excluding hydrogens is 476 g/mol. The van der Waals surface area contributed by atoms with Crippen LogP contribution in [-0.2, 0) is 5.41 Å². The summed E-state index contributed by atoms with van der Waals surface area (Å²) in [4.78, 5) is 8.83. The van der Waals surface area contributed by atoms with Crippen LogP contribution in [0.25, 0.3) is 54.9 Å². The van der Waals surface area contributed by atoms with E-state index in [4.69, 9.17) is 0 Å². The largest absolute Gasteiger partial charge is 0.263 e. The molecule has 1 aliphatic rings. The number of fused-ring (bicyclic) bond motifs is 5. The van der Waals surface area contributed by atoms with Crippen LogP contribution in [0.3, 0.4) is 0 Å². The SMILES string of the molecule is CC1(C)c2ccccc2-c2cc3c(-c4cncc(C#N)c4)c4ccccc4c(-c4cncc(C#N)c4)c3cc21. The van der Waals surface area contributed by atoms with E-state index >= 15 is 0 Å². The lowest BCUT2D eigenvalue weighted by atomic mass is 9.79. The summed E-state index contributed by atoms with van der Waals surface area (Å²) < 4.78 is 0. The highest BCUT2D eigenvalue weighted by Crippen LogP contribution is 2.53. The van der Waals surface area contributed by atoms with Crippen LogP contribution in [0.1, 0.15) is 36.1 Å². The summed E-state index contributed by atoms with van der Waals surface area (Å²) in [6, 6.07) is 29.9. The number of hydrogen-bond acceptors (Lipinski definition) is 4. The number of benzene rings is 4. The van der Waals surface area contributed by atoms with Gasteiger partial charge in [0.25, 0.3) is 0 Å². The van der Waals surface area contributed by atoms with Crippen molar-refractivity contribution in [2.24, 2.45) is 0 Å². The monoisotopic (exact) mass is 498 g/mol. The number of pyridine rings is 2. The van der Waals surface area contributed by atoms with Gasteiger partial charge in [0.1, 0.15) is 12.1 Å². The van der Waals surface area contributed by atoms with Crippen LogP contribution in [0.5, 0.6) is 0 Å². The molecule has 0 atom stereocenters. The first-order valence-corrected chi connectivity index (χ1v) is 12.8. The molecule has 0 saturated heterocycles. The van der Waals surface area contributed by atoms with Gasteiger partial charge in [-0.25, -0.2) is 0 Å². The lowest BCUT2D eigenvalue weighted by molar-refractivity contribution is 0.661. The Morgan fingerprint density at radius 3 is 1.69 bits per heavy atom. The Balaban J connectivity index is 1.71. The zero-order chi connectivity index (χ0) is 26.7. The quantitative estimate of drug-likeness (QED) is 0.226. The Morgan fingerprint density at radius 2 is 1.10 bits per heavy atom. The van der Waals surface area contributed by atoms with Crippen molar-refractivity contribution >= 4 is 21.5 Å². The van der Waals surface area contributed by atoms with Crippen LogP contribution in [0.4, 0.5) is 0 Å². The van der Waals surface area contributed by atoms with Gasteiger partial charge < -0.3 is 0 Å². The van der Waals surface area contributed by atoms with Crippen LogP contribution in [-0.4, -0.2) is 9.97 Å². The summed E-state index contributed by atoms with van der Waals surface area (Å²) in [6.07, 6.45) is 6.87. The molecule has 0 radical (unpaired) electrons. The fourth-order valence-electron chi connectivity index (χ4n) is 6.27. The highest BCUT2D eigenvalue weighted by atomic mass is 14.6. The van der Waals surface area contributed by atoms with Gasteiger partial charge in [-0.3, -0.25) is 9.97 Å². The van der Waals surface area contributed by atoms with Crippen LogP contribution in [0.15, 0.2) is 97.6 Å². The van der Waals surface area contributed by atoms with Gasteiger partial charge >= 0.3 is 0 Å². The third-order valence-electron chi connectivity index (χ3n) is 8.04. The van der Waals surface area contributed by atoms with Crippen molar-refractivity contribution in [1.29, 1.82) is 10.5 Å². The summed E-state index contributed by atoms with van der Waals surface area (Å²) in [5, 5.41) is 23.6. The van der Waals surface area contributed by atoms with E-state index in [0.717, 1.165) is 43.8 Å². The van der Waals surface area contributed by atoms with Crippen molar-refractivity contribution in [2.75, 3.05) is 0 Å². The maximum absolute atomic E-state index is 9.65. The highest BCUT2D eigenvalue weighted by molar-refractivity contribution is 6.22. The van der Waals surface area contributed by atoms with Gasteiger partial charge in [-0.05, 0) is 79.2 Å². The first-order chi connectivity index (χ1) is 19.0. The van der Waals surface area contributed by atoms with E-state index in [2.05, 4.69) is 84.5 Å². The molecule has 0 aliphatic heterocycles. The fourth-order valence-corrected chi connectivity index (χ4v) is 6.27. The second-order valence-corrected chi connectivity index (χ2v) is 10.6. The number of rotatable bonds is 2. The summed E-state index contributed by atoms with van der Waals surface area (Å²) in [6.45, 7) is 4.56. The molecule has 1 aliphatic carbocycles. The van der Waals surface area contributed by atoms with Gasteiger partial charge in [-0.2, -0.15) is 10.5 Å².